The Morgan fingerprint density at radius 1 is 0.690 bits per heavy atom. The zero-order valence-electron chi connectivity index (χ0n) is 24.1. The lowest BCUT2D eigenvalue weighted by Gasteiger charge is -2.17. The fourth-order valence-electron chi connectivity index (χ4n) is 6.42. The van der Waals surface area contributed by atoms with E-state index in [1.807, 2.05) is 60.7 Å². The molecule has 0 aliphatic heterocycles. The molecule has 6 atom stereocenters. The molecule has 42 heavy (non-hydrogen) atoms. The van der Waals surface area contributed by atoms with Crippen molar-refractivity contribution in [3.63, 3.8) is 0 Å². The molecule has 3 aromatic carbocycles. The molecular weight excluding hydrogens is 520 g/mol. The fourth-order valence-corrected chi connectivity index (χ4v) is 6.42. The van der Waals surface area contributed by atoms with Crippen molar-refractivity contribution in [3.05, 3.63) is 139 Å². The maximum absolute atomic E-state index is 12.1. The molecule has 0 N–H and O–H groups in total. The molecule has 0 radical (unpaired) electrons. The highest BCUT2D eigenvalue weighted by molar-refractivity contribution is 5.89. The molecular formula is C38H40O4. The lowest BCUT2D eigenvalue weighted by molar-refractivity contribution is 0.0413. The van der Waals surface area contributed by atoms with Crippen molar-refractivity contribution in [2.75, 3.05) is 13.2 Å². The minimum absolute atomic E-state index is 0.197. The van der Waals surface area contributed by atoms with Crippen molar-refractivity contribution in [2.24, 2.45) is 35.5 Å². The Hall–Kier alpha value is -4.18. The molecule has 2 fully saturated rings. The first-order chi connectivity index (χ1) is 20.6. The predicted octanol–water partition coefficient (Wildman–Crippen LogP) is 8.44. The van der Waals surface area contributed by atoms with Gasteiger partial charge in [-0.1, -0.05) is 97.1 Å². The van der Waals surface area contributed by atoms with Crippen LogP contribution in [0.25, 0.3) is 6.08 Å². The minimum Gasteiger partial charge on any atom is -0.462 e. The third kappa shape index (κ3) is 7.97. The van der Waals surface area contributed by atoms with E-state index in [1.54, 1.807) is 24.3 Å². The third-order valence-corrected chi connectivity index (χ3v) is 8.74. The molecule has 3 aliphatic carbocycles. The maximum atomic E-state index is 12.1. The number of carbonyl (C=O) groups excluding carboxylic acids is 2. The molecule has 4 nitrogen and oxygen atoms in total. The molecule has 3 aliphatic rings. The summed E-state index contributed by atoms with van der Waals surface area (Å²) in [4.78, 5) is 23.9. The van der Waals surface area contributed by atoms with Crippen LogP contribution >= 0.6 is 0 Å². The van der Waals surface area contributed by atoms with E-state index in [4.69, 9.17) is 9.47 Å². The molecule has 2 bridgehead atoms. The normalized spacial score (nSPS) is 25.5. The van der Waals surface area contributed by atoms with E-state index in [-0.39, 0.29) is 11.9 Å². The first kappa shape index (κ1) is 29.3. The van der Waals surface area contributed by atoms with Crippen molar-refractivity contribution < 1.29 is 19.1 Å². The number of benzene rings is 3. The Kier molecular flexibility index (Phi) is 10.2. The lowest BCUT2D eigenvalue weighted by Crippen LogP contribution is -2.17. The summed E-state index contributed by atoms with van der Waals surface area (Å²) in [6.45, 7) is 4.99. The van der Waals surface area contributed by atoms with E-state index < -0.39 is 0 Å². The van der Waals surface area contributed by atoms with Crippen LogP contribution in [0.4, 0.5) is 0 Å². The second-order valence-corrected chi connectivity index (χ2v) is 11.6. The standard InChI is InChI=1S/C23H24O2.C15H16O2/c1-2-20-15-19(14-13-18-9-5-3-6-10-18)16-22(20)17-25-23(24)21-11-7-4-8-12-21;16-15(12-4-2-1-3-5-12)17-10-14-9-11-6-7-13(14)8-11/h2-14,19-20,22H,1,15-17H2;1-7,11,13-14H,8-10H2/b14-13+;. The Bertz CT molecular complexity index is 1360. The summed E-state index contributed by atoms with van der Waals surface area (Å²) in [5, 5.41) is 0. The fraction of sp³-hybridized carbons (Fsp3) is 0.316. The summed E-state index contributed by atoms with van der Waals surface area (Å²) in [6.07, 6.45) is 15.6. The van der Waals surface area contributed by atoms with Gasteiger partial charge in [0.15, 0.2) is 0 Å². The van der Waals surface area contributed by atoms with Crippen molar-refractivity contribution in [1.82, 2.24) is 0 Å². The molecule has 6 rings (SSSR count). The van der Waals surface area contributed by atoms with Gasteiger partial charge in [0.05, 0.1) is 24.3 Å². The molecule has 4 heteroatoms. The van der Waals surface area contributed by atoms with E-state index in [1.165, 1.54) is 18.4 Å². The first-order valence-electron chi connectivity index (χ1n) is 15.1. The van der Waals surface area contributed by atoms with E-state index >= 15 is 0 Å². The average molecular weight is 561 g/mol. The van der Waals surface area contributed by atoms with Gasteiger partial charge in [-0.05, 0) is 91.0 Å². The Morgan fingerprint density at radius 3 is 1.79 bits per heavy atom. The minimum atomic E-state index is -0.244. The highest BCUT2D eigenvalue weighted by Gasteiger charge is 2.36. The van der Waals surface area contributed by atoms with E-state index in [9.17, 15) is 9.59 Å². The maximum Gasteiger partial charge on any atom is 0.338 e. The van der Waals surface area contributed by atoms with Crippen LogP contribution in [0, 0.1) is 35.5 Å². The SMILES string of the molecule is C=CC1CC(/C=C/c2ccccc2)CC1COC(=O)c1ccccc1.O=C(OCC1CC2C=CC1C2)c1ccccc1. The van der Waals surface area contributed by atoms with Crippen LogP contribution < -0.4 is 0 Å². The van der Waals surface area contributed by atoms with Crippen LogP contribution in [-0.4, -0.2) is 25.2 Å². The summed E-state index contributed by atoms with van der Waals surface area (Å²) in [5.74, 6) is 2.72. The number of hydrogen-bond acceptors (Lipinski definition) is 4. The second kappa shape index (κ2) is 14.6. The van der Waals surface area contributed by atoms with Crippen molar-refractivity contribution in [1.29, 1.82) is 0 Å². The second-order valence-electron chi connectivity index (χ2n) is 11.6. The highest BCUT2D eigenvalue weighted by atomic mass is 16.5. The molecule has 2 saturated carbocycles. The van der Waals surface area contributed by atoms with Crippen molar-refractivity contribution in [2.45, 2.75) is 25.7 Å². The van der Waals surface area contributed by atoms with Crippen LogP contribution in [-0.2, 0) is 9.47 Å². The summed E-state index contributed by atoms with van der Waals surface area (Å²) < 4.78 is 10.9. The first-order valence-corrected chi connectivity index (χ1v) is 15.1. The summed E-state index contributed by atoms with van der Waals surface area (Å²) >= 11 is 0. The molecule has 0 amide bonds. The van der Waals surface area contributed by atoms with Gasteiger partial charge < -0.3 is 9.47 Å². The number of esters is 2. The van der Waals surface area contributed by atoms with E-state index in [0.29, 0.717) is 53.9 Å². The average Bonchev–Trinajstić information content (AvgIpc) is 3.79. The van der Waals surface area contributed by atoms with E-state index in [2.05, 4.69) is 43.0 Å². The predicted molar refractivity (Wildman–Crippen MR) is 168 cm³/mol. The molecule has 0 saturated heterocycles. The largest absolute Gasteiger partial charge is 0.462 e. The zero-order chi connectivity index (χ0) is 29.1. The molecule has 3 aromatic rings. The summed E-state index contributed by atoms with van der Waals surface area (Å²) in [5.41, 5.74) is 2.47. The van der Waals surface area contributed by atoms with Crippen LogP contribution in [0.15, 0.2) is 122 Å². The summed E-state index contributed by atoms with van der Waals surface area (Å²) in [6, 6.07) is 28.7. The van der Waals surface area contributed by atoms with Crippen molar-refractivity contribution >= 4 is 18.0 Å². The molecule has 0 aromatic heterocycles. The quantitative estimate of drug-likeness (QED) is 0.195. The van der Waals surface area contributed by atoms with Gasteiger partial charge >= 0.3 is 11.9 Å². The van der Waals surface area contributed by atoms with Gasteiger partial charge in [-0.25, -0.2) is 9.59 Å². The number of allylic oxidation sites excluding steroid dienone is 4. The molecule has 6 unspecified atom stereocenters. The Balaban J connectivity index is 0.000000180. The summed E-state index contributed by atoms with van der Waals surface area (Å²) in [7, 11) is 0. The van der Waals surface area contributed by atoms with Gasteiger partial charge in [0.2, 0.25) is 0 Å². The smallest absolute Gasteiger partial charge is 0.338 e. The van der Waals surface area contributed by atoms with Crippen LogP contribution in [0.2, 0.25) is 0 Å². The molecule has 0 spiro atoms. The molecule has 0 heterocycles. The van der Waals surface area contributed by atoms with Gasteiger partial charge in [0.25, 0.3) is 0 Å². The highest BCUT2D eigenvalue weighted by Crippen LogP contribution is 2.43. The van der Waals surface area contributed by atoms with Gasteiger partial charge in [-0.3, -0.25) is 0 Å². The zero-order valence-corrected chi connectivity index (χ0v) is 24.1. The molecule has 216 valence electrons. The number of rotatable bonds is 9. The number of ether oxygens (including phenoxy) is 2. The number of carbonyl (C=O) groups is 2. The van der Waals surface area contributed by atoms with Gasteiger partial charge in [0, 0.05) is 0 Å². The monoisotopic (exact) mass is 560 g/mol. The Morgan fingerprint density at radius 2 is 1.26 bits per heavy atom. The third-order valence-electron chi connectivity index (χ3n) is 8.74. The number of hydrogen-bond donors (Lipinski definition) is 0. The number of fused-ring (bicyclic) bond motifs is 2. The topological polar surface area (TPSA) is 52.6 Å². The van der Waals surface area contributed by atoms with Crippen LogP contribution in [0.5, 0.6) is 0 Å². The van der Waals surface area contributed by atoms with Crippen LogP contribution in [0.3, 0.4) is 0 Å². The van der Waals surface area contributed by atoms with E-state index in [0.717, 1.165) is 18.8 Å². The van der Waals surface area contributed by atoms with Crippen molar-refractivity contribution in [3.8, 4) is 0 Å². The Labute approximate surface area is 249 Å². The lowest BCUT2D eigenvalue weighted by atomic mass is 9.95. The van der Waals surface area contributed by atoms with Crippen LogP contribution in [0.1, 0.15) is 52.0 Å². The van der Waals surface area contributed by atoms with Gasteiger partial charge in [-0.2, -0.15) is 0 Å². The van der Waals surface area contributed by atoms with Gasteiger partial charge in [0.1, 0.15) is 0 Å². The van der Waals surface area contributed by atoms with Gasteiger partial charge in [-0.15, -0.1) is 6.58 Å².